The van der Waals surface area contributed by atoms with Crippen LogP contribution in [0.25, 0.3) is 16.6 Å². The number of pyridine rings is 1. The van der Waals surface area contributed by atoms with Crippen LogP contribution in [0.4, 0.5) is 35.3 Å². The van der Waals surface area contributed by atoms with Gasteiger partial charge in [-0.1, -0.05) is 24.1 Å². The van der Waals surface area contributed by atoms with Gasteiger partial charge in [-0.2, -0.15) is 23.5 Å². The predicted octanol–water partition coefficient (Wildman–Crippen LogP) is 4.50. The highest BCUT2D eigenvalue weighted by Crippen LogP contribution is 2.37. The first-order valence-corrected chi connectivity index (χ1v) is 14.1. The van der Waals surface area contributed by atoms with E-state index in [0.29, 0.717) is 17.7 Å². The summed E-state index contributed by atoms with van der Waals surface area (Å²) in [5, 5.41) is 19.1. The van der Waals surface area contributed by atoms with Crippen molar-refractivity contribution in [2.45, 2.75) is 19.1 Å². The second-order valence-electron chi connectivity index (χ2n) is 9.51. The second-order valence-corrected chi connectivity index (χ2v) is 10.4. The van der Waals surface area contributed by atoms with Crippen LogP contribution >= 0.6 is 11.9 Å². The van der Waals surface area contributed by atoms with Gasteiger partial charge in [-0.15, -0.1) is 0 Å². The van der Waals surface area contributed by atoms with Gasteiger partial charge in [0.15, 0.2) is 5.82 Å². The molecule has 3 aromatic heterocycles. The zero-order chi connectivity index (χ0) is 29.9. The molecule has 11 nitrogen and oxygen atoms in total. The van der Waals surface area contributed by atoms with Gasteiger partial charge >= 0.3 is 12.2 Å². The molecule has 2 amide bonds. The minimum absolute atomic E-state index is 0.130. The van der Waals surface area contributed by atoms with Crippen molar-refractivity contribution in [1.82, 2.24) is 28.8 Å². The van der Waals surface area contributed by atoms with E-state index in [-0.39, 0.29) is 18.1 Å². The van der Waals surface area contributed by atoms with Crippen LogP contribution in [0.2, 0.25) is 0 Å². The van der Waals surface area contributed by atoms with Gasteiger partial charge in [-0.25, -0.2) is 23.6 Å². The van der Waals surface area contributed by atoms with Crippen molar-refractivity contribution in [1.29, 1.82) is 5.26 Å². The average Bonchev–Trinajstić information content (AvgIpc) is 3.27. The molecular weight excluding hydrogens is 569 g/mol. The summed E-state index contributed by atoms with van der Waals surface area (Å²) in [6.07, 6.45) is -0.000109. The molecule has 1 aliphatic heterocycles. The first kappa shape index (κ1) is 29.1. The SMILES string of the molecule is CSN1CCN(Cc2c(CC#N)c(-c3ccc(NC(=O)Nc4cc(C(F)(F)F)ccn4)cc3)c3c(N)ncnn23)CC1. The number of hydrogen-bond donors (Lipinski definition) is 3. The molecule has 0 aliphatic carbocycles. The van der Waals surface area contributed by atoms with E-state index in [2.05, 4.69) is 47.2 Å². The number of nitriles is 1. The minimum atomic E-state index is -4.56. The van der Waals surface area contributed by atoms with Crippen molar-refractivity contribution < 1.29 is 18.0 Å². The Bertz CT molecular complexity index is 1630. The number of hydrogen-bond acceptors (Lipinski definition) is 9. The summed E-state index contributed by atoms with van der Waals surface area (Å²) in [5.41, 5.74) is 9.53. The van der Waals surface area contributed by atoms with Crippen molar-refractivity contribution in [3.63, 3.8) is 0 Å². The highest BCUT2D eigenvalue weighted by Gasteiger charge is 2.31. The van der Waals surface area contributed by atoms with Crippen LogP contribution in [0.15, 0.2) is 48.9 Å². The molecule has 0 spiro atoms. The topological polar surface area (TPSA) is 140 Å². The summed E-state index contributed by atoms with van der Waals surface area (Å²) in [6.45, 7) is 4.17. The molecule has 1 aliphatic rings. The number of alkyl halides is 3. The number of amides is 2. The number of halogens is 3. The number of nitrogens with two attached hydrogens (primary N) is 1. The standard InChI is InChI=1S/C27H27F3N10OS/c1-42-39-12-10-38(11-13-39)15-21-20(6-8-31)23(24-25(32)34-16-35-40(21)24)17-2-4-19(5-3-17)36-26(41)37-22-14-18(7-9-33-22)27(28,29)30/h2-5,7,9,14,16H,6,10-13,15H2,1H3,(H2,32,34,35)(H2,33,36,37,41). The number of fused-ring (bicyclic) bond motifs is 1. The van der Waals surface area contributed by atoms with Gasteiger partial charge in [-0.3, -0.25) is 10.2 Å². The Kier molecular flexibility index (Phi) is 8.48. The predicted molar refractivity (Wildman–Crippen MR) is 154 cm³/mol. The molecule has 4 N–H and O–H groups in total. The highest BCUT2D eigenvalue weighted by atomic mass is 32.2. The van der Waals surface area contributed by atoms with Crippen LogP contribution in [0.5, 0.6) is 0 Å². The van der Waals surface area contributed by atoms with Crippen LogP contribution in [-0.4, -0.2) is 67.3 Å². The molecule has 1 saturated heterocycles. The summed E-state index contributed by atoms with van der Waals surface area (Å²) in [4.78, 5) is 22.8. The van der Waals surface area contributed by atoms with E-state index in [0.717, 1.165) is 66.9 Å². The third kappa shape index (κ3) is 6.25. The summed E-state index contributed by atoms with van der Waals surface area (Å²) >= 11 is 1.72. The molecule has 0 bridgehead atoms. The van der Waals surface area contributed by atoms with Crippen LogP contribution in [0, 0.1) is 11.3 Å². The number of rotatable bonds is 7. The lowest BCUT2D eigenvalue weighted by atomic mass is 9.98. The number of carbonyl (C=O) groups excluding carboxylic acids is 1. The largest absolute Gasteiger partial charge is 0.416 e. The maximum atomic E-state index is 13.0. The number of nitrogens with one attached hydrogen (secondary N) is 2. The number of benzene rings is 1. The lowest BCUT2D eigenvalue weighted by Crippen LogP contribution is -2.43. The van der Waals surface area contributed by atoms with Crippen molar-refractivity contribution in [3.05, 3.63) is 65.7 Å². The zero-order valence-electron chi connectivity index (χ0n) is 22.5. The van der Waals surface area contributed by atoms with E-state index >= 15 is 0 Å². The molecule has 0 radical (unpaired) electrons. The summed E-state index contributed by atoms with van der Waals surface area (Å²) in [6, 6.07) is 9.92. The molecule has 0 saturated carbocycles. The van der Waals surface area contributed by atoms with Gasteiger partial charge in [0.05, 0.1) is 23.7 Å². The van der Waals surface area contributed by atoms with Crippen LogP contribution in [0.1, 0.15) is 16.8 Å². The molecule has 5 rings (SSSR count). The Morgan fingerprint density at radius 3 is 2.52 bits per heavy atom. The third-order valence-corrected chi connectivity index (χ3v) is 7.82. The van der Waals surface area contributed by atoms with E-state index in [1.165, 1.54) is 6.33 Å². The maximum Gasteiger partial charge on any atom is 0.416 e. The fraction of sp³-hybridized carbons (Fsp3) is 0.296. The Labute approximate surface area is 243 Å². The normalized spacial score (nSPS) is 14.5. The van der Waals surface area contributed by atoms with Crippen LogP contribution in [-0.2, 0) is 19.1 Å². The molecule has 15 heteroatoms. The van der Waals surface area contributed by atoms with E-state index in [1.54, 1.807) is 40.7 Å². The minimum Gasteiger partial charge on any atom is -0.382 e. The number of nitrogen functional groups attached to an aromatic ring is 1. The Morgan fingerprint density at radius 1 is 1.12 bits per heavy atom. The number of carbonyl (C=O) groups is 1. The van der Waals surface area contributed by atoms with Gasteiger partial charge in [0.2, 0.25) is 0 Å². The molecule has 0 unspecified atom stereocenters. The molecule has 1 aromatic carbocycles. The fourth-order valence-corrected chi connectivity index (χ4v) is 5.45. The molecule has 218 valence electrons. The molecular formula is C27H27F3N10OS. The van der Waals surface area contributed by atoms with Gasteiger partial charge in [0, 0.05) is 50.2 Å². The zero-order valence-corrected chi connectivity index (χ0v) is 23.3. The van der Waals surface area contributed by atoms with Gasteiger partial charge in [-0.05, 0) is 41.6 Å². The number of nitrogens with zero attached hydrogens (tertiary/aromatic N) is 7. The van der Waals surface area contributed by atoms with E-state index in [4.69, 9.17) is 5.73 Å². The monoisotopic (exact) mass is 596 g/mol. The van der Waals surface area contributed by atoms with Gasteiger partial charge in [0.25, 0.3) is 0 Å². The molecule has 4 heterocycles. The Morgan fingerprint density at radius 2 is 1.86 bits per heavy atom. The molecule has 1 fully saturated rings. The summed E-state index contributed by atoms with van der Waals surface area (Å²) in [5.74, 6) is 0.0334. The van der Waals surface area contributed by atoms with Crippen molar-refractivity contribution >= 4 is 40.8 Å². The van der Waals surface area contributed by atoms with E-state index in [9.17, 15) is 23.2 Å². The Hall–Kier alpha value is -4.39. The molecule has 0 atom stereocenters. The third-order valence-electron chi connectivity index (χ3n) is 6.94. The summed E-state index contributed by atoms with van der Waals surface area (Å²) in [7, 11) is 0. The lowest BCUT2D eigenvalue weighted by molar-refractivity contribution is -0.137. The first-order chi connectivity index (χ1) is 20.2. The maximum absolute atomic E-state index is 13.0. The highest BCUT2D eigenvalue weighted by molar-refractivity contribution is 7.96. The van der Waals surface area contributed by atoms with Crippen molar-refractivity contribution in [2.75, 3.05) is 48.8 Å². The number of urea groups is 1. The smallest absolute Gasteiger partial charge is 0.382 e. The first-order valence-electron chi connectivity index (χ1n) is 12.9. The summed E-state index contributed by atoms with van der Waals surface area (Å²) < 4.78 is 43.0. The Balaban J connectivity index is 1.41. The average molecular weight is 597 g/mol. The number of aromatic nitrogens is 4. The van der Waals surface area contributed by atoms with E-state index < -0.39 is 17.8 Å². The number of anilines is 3. The fourth-order valence-electron chi connectivity index (χ4n) is 4.92. The number of piperazine rings is 1. The lowest BCUT2D eigenvalue weighted by Gasteiger charge is -2.33. The quantitative estimate of drug-likeness (QED) is 0.263. The van der Waals surface area contributed by atoms with Crippen molar-refractivity contribution in [3.8, 4) is 17.2 Å². The van der Waals surface area contributed by atoms with E-state index in [1.807, 2.05) is 0 Å². The molecule has 4 aromatic rings. The van der Waals surface area contributed by atoms with Crippen LogP contribution < -0.4 is 16.4 Å². The second kappa shape index (κ2) is 12.2. The van der Waals surface area contributed by atoms with Gasteiger partial charge in [0.1, 0.15) is 17.7 Å². The molecule has 42 heavy (non-hydrogen) atoms. The van der Waals surface area contributed by atoms with Gasteiger partial charge < -0.3 is 11.1 Å². The van der Waals surface area contributed by atoms with Crippen LogP contribution in [0.3, 0.4) is 0 Å². The van der Waals surface area contributed by atoms with Crippen molar-refractivity contribution in [2.24, 2.45) is 0 Å².